The molecular weight excluding hydrogens is 274 g/mol. The number of aliphatic imine (C=N–C) groups is 1. The molecule has 0 aromatic carbocycles. The van der Waals surface area contributed by atoms with E-state index in [0.29, 0.717) is 22.7 Å². The molecule has 2 aromatic heterocycles. The van der Waals surface area contributed by atoms with Crippen molar-refractivity contribution in [3.05, 3.63) is 35.1 Å². The summed E-state index contributed by atoms with van der Waals surface area (Å²) in [4.78, 5) is 13.2. The molecule has 0 bridgehead atoms. The van der Waals surface area contributed by atoms with Crippen molar-refractivity contribution in [1.82, 2.24) is 19.7 Å². The van der Waals surface area contributed by atoms with Gasteiger partial charge in [0.25, 0.3) is 0 Å². The Labute approximate surface area is 122 Å². The molecule has 104 valence electrons. The van der Waals surface area contributed by atoms with Gasteiger partial charge in [0.2, 0.25) is 0 Å². The molecular formula is C14H16ClN5. The summed E-state index contributed by atoms with van der Waals surface area (Å²) < 4.78 is 1.78. The van der Waals surface area contributed by atoms with Crippen molar-refractivity contribution < 1.29 is 0 Å². The van der Waals surface area contributed by atoms with Crippen LogP contribution in [0.5, 0.6) is 0 Å². The van der Waals surface area contributed by atoms with Gasteiger partial charge in [0.15, 0.2) is 5.15 Å². The minimum Gasteiger partial charge on any atom is -0.275 e. The van der Waals surface area contributed by atoms with E-state index in [1.165, 1.54) is 6.33 Å². The average molecular weight is 290 g/mol. The van der Waals surface area contributed by atoms with Crippen LogP contribution < -0.4 is 0 Å². The van der Waals surface area contributed by atoms with E-state index in [9.17, 15) is 0 Å². The van der Waals surface area contributed by atoms with Crippen LogP contribution in [-0.2, 0) is 7.05 Å². The van der Waals surface area contributed by atoms with Gasteiger partial charge >= 0.3 is 0 Å². The largest absolute Gasteiger partial charge is 0.275 e. The molecule has 2 atom stereocenters. The fourth-order valence-corrected chi connectivity index (χ4v) is 2.67. The van der Waals surface area contributed by atoms with Crippen LogP contribution in [0.4, 0.5) is 5.69 Å². The molecule has 0 saturated heterocycles. The topological polar surface area (TPSA) is 56.0 Å². The average Bonchev–Trinajstić information content (AvgIpc) is 2.80. The van der Waals surface area contributed by atoms with E-state index in [4.69, 9.17) is 16.6 Å². The summed E-state index contributed by atoms with van der Waals surface area (Å²) in [6.45, 7) is 4.37. The van der Waals surface area contributed by atoms with Gasteiger partial charge in [-0.2, -0.15) is 5.10 Å². The summed E-state index contributed by atoms with van der Waals surface area (Å²) in [5.74, 6) is 0.726. The van der Waals surface area contributed by atoms with E-state index < -0.39 is 0 Å². The van der Waals surface area contributed by atoms with Crippen molar-refractivity contribution in [2.24, 2.45) is 18.0 Å². The van der Waals surface area contributed by atoms with Gasteiger partial charge in [0.1, 0.15) is 12.0 Å². The second-order valence-corrected chi connectivity index (χ2v) is 5.69. The fourth-order valence-electron chi connectivity index (χ4n) is 2.49. The molecule has 5 nitrogen and oxygen atoms in total. The van der Waals surface area contributed by atoms with Gasteiger partial charge in [-0.1, -0.05) is 25.4 Å². The Morgan fingerprint density at radius 1 is 1.30 bits per heavy atom. The molecule has 3 heterocycles. The number of rotatable bonds is 1. The predicted octanol–water partition coefficient (Wildman–Crippen LogP) is 3.13. The van der Waals surface area contributed by atoms with Crippen LogP contribution in [-0.4, -0.2) is 25.5 Å². The van der Waals surface area contributed by atoms with Gasteiger partial charge in [-0.15, -0.1) is 0 Å². The lowest BCUT2D eigenvalue weighted by molar-refractivity contribution is 0.500. The van der Waals surface area contributed by atoms with Crippen molar-refractivity contribution in [3.63, 3.8) is 0 Å². The molecule has 0 aliphatic carbocycles. The minimum absolute atomic E-state index is 0.295. The SMILES string of the molecule is CC1CC(c2cnn(C)c2)=Nc2c(Cl)ncnc2C1C. The lowest BCUT2D eigenvalue weighted by Crippen LogP contribution is -2.11. The van der Waals surface area contributed by atoms with Crippen molar-refractivity contribution in [3.8, 4) is 0 Å². The Kier molecular flexibility index (Phi) is 3.30. The Morgan fingerprint density at radius 2 is 2.10 bits per heavy atom. The molecule has 0 radical (unpaired) electrons. The smallest absolute Gasteiger partial charge is 0.158 e. The standard InChI is InChI=1S/C14H16ClN5/c1-8-4-11(10-5-18-20(3)6-10)19-13-12(9(8)2)16-7-17-14(13)15/h5-9H,4H2,1-3H3. The van der Waals surface area contributed by atoms with Crippen LogP contribution in [0.3, 0.4) is 0 Å². The number of fused-ring (bicyclic) bond motifs is 1. The van der Waals surface area contributed by atoms with Gasteiger partial charge in [-0.3, -0.25) is 4.68 Å². The monoisotopic (exact) mass is 289 g/mol. The second-order valence-electron chi connectivity index (χ2n) is 5.33. The van der Waals surface area contributed by atoms with Gasteiger partial charge in [0.05, 0.1) is 17.6 Å². The lowest BCUT2D eigenvalue weighted by Gasteiger charge is -2.17. The zero-order valence-corrected chi connectivity index (χ0v) is 12.5. The molecule has 0 amide bonds. The van der Waals surface area contributed by atoms with Crippen molar-refractivity contribution >= 4 is 23.0 Å². The first-order valence-electron chi connectivity index (χ1n) is 6.63. The zero-order valence-electron chi connectivity index (χ0n) is 11.7. The highest BCUT2D eigenvalue weighted by atomic mass is 35.5. The number of nitrogens with zero attached hydrogens (tertiary/aromatic N) is 5. The van der Waals surface area contributed by atoms with E-state index in [1.807, 2.05) is 19.4 Å². The molecule has 0 fully saturated rings. The lowest BCUT2D eigenvalue weighted by atomic mass is 9.88. The summed E-state index contributed by atoms with van der Waals surface area (Å²) in [5.41, 5.74) is 3.65. The second kappa shape index (κ2) is 4.98. The molecule has 3 rings (SSSR count). The summed E-state index contributed by atoms with van der Waals surface area (Å²) >= 11 is 6.21. The predicted molar refractivity (Wildman–Crippen MR) is 78.6 cm³/mol. The van der Waals surface area contributed by atoms with Crippen molar-refractivity contribution in [1.29, 1.82) is 0 Å². The van der Waals surface area contributed by atoms with E-state index >= 15 is 0 Å². The first-order chi connectivity index (χ1) is 9.56. The number of hydrogen-bond acceptors (Lipinski definition) is 4. The van der Waals surface area contributed by atoms with Crippen LogP contribution in [0, 0.1) is 5.92 Å². The molecule has 20 heavy (non-hydrogen) atoms. The van der Waals surface area contributed by atoms with Gasteiger partial charge < -0.3 is 0 Å². The van der Waals surface area contributed by atoms with Gasteiger partial charge in [0, 0.05) is 24.7 Å². The number of halogens is 1. The first kappa shape index (κ1) is 13.2. The first-order valence-corrected chi connectivity index (χ1v) is 7.01. The Morgan fingerprint density at radius 3 is 2.80 bits per heavy atom. The molecule has 0 N–H and O–H groups in total. The minimum atomic E-state index is 0.295. The molecule has 2 aromatic rings. The molecule has 6 heteroatoms. The summed E-state index contributed by atoms with van der Waals surface area (Å²) in [6, 6.07) is 0. The third kappa shape index (κ3) is 2.22. The Balaban J connectivity index is 2.16. The van der Waals surface area contributed by atoms with E-state index in [2.05, 4.69) is 28.9 Å². The van der Waals surface area contributed by atoms with E-state index in [-0.39, 0.29) is 0 Å². The molecule has 0 spiro atoms. The Hall–Kier alpha value is -1.75. The maximum Gasteiger partial charge on any atom is 0.158 e. The molecule has 1 aliphatic heterocycles. The highest BCUT2D eigenvalue weighted by molar-refractivity contribution is 6.32. The maximum atomic E-state index is 6.21. The van der Waals surface area contributed by atoms with Gasteiger partial charge in [-0.25, -0.2) is 15.0 Å². The van der Waals surface area contributed by atoms with Crippen LogP contribution in [0.1, 0.15) is 37.4 Å². The van der Waals surface area contributed by atoms with E-state index in [1.54, 1.807) is 4.68 Å². The third-order valence-electron chi connectivity index (χ3n) is 3.89. The Bertz CT molecular complexity index is 676. The van der Waals surface area contributed by atoms with Gasteiger partial charge in [-0.05, 0) is 12.3 Å². The fraction of sp³-hybridized carbons (Fsp3) is 0.429. The van der Waals surface area contributed by atoms with Crippen LogP contribution in [0.25, 0.3) is 0 Å². The molecule has 0 saturated carbocycles. The zero-order chi connectivity index (χ0) is 14.3. The summed E-state index contributed by atoms with van der Waals surface area (Å²) in [5, 5.41) is 4.63. The van der Waals surface area contributed by atoms with Crippen molar-refractivity contribution in [2.45, 2.75) is 26.2 Å². The number of aromatic nitrogens is 4. The van der Waals surface area contributed by atoms with Crippen LogP contribution in [0.2, 0.25) is 5.15 Å². The number of aryl methyl sites for hydroxylation is 1. The van der Waals surface area contributed by atoms with E-state index in [0.717, 1.165) is 23.4 Å². The van der Waals surface area contributed by atoms with Crippen LogP contribution >= 0.6 is 11.6 Å². The quantitative estimate of drug-likeness (QED) is 0.758. The number of hydrogen-bond donors (Lipinski definition) is 0. The summed E-state index contributed by atoms with van der Waals surface area (Å²) in [6.07, 6.45) is 6.19. The maximum absolute atomic E-state index is 6.21. The summed E-state index contributed by atoms with van der Waals surface area (Å²) in [7, 11) is 1.90. The van der Waals surface area contributed by atoms with Crippen molar-refractivity contribution in [2.75, 3.05) is 0 Å². The normalized spacial score (nSPS) is 22.1. The highest BCUT2D eigenvalue weighted by Crippen LogP contribution is 2.39. The molecule has 2 unspecified atom stereocenters. The molecule has 1 aliphatic rings. The third-order valence-corrected chi connectivity index (χ3v) is 4.17. The van der Waals surface area contributed by atoms with Crippen LogP contribution in [0.15, 0.2) is 23.7 Å². The highest BCUT2D eigenvalue weighted by Gasteiger charge is 2.27.